The van der Waals surface area contributed by atoms with Crippen LogP contribution in [0.15, 0.2) is 12.1 Å². The Bertz CT molecular complexity index is 584. The zero-order valence-corrected chi connectivity index (χ0v) is 11.1. The third-order valence-corrected chi connectivity index (χ3v) is 5.01. The number of rotatable bonds is 2. The van der Waals surface area contributed by atoms with Crippen molar-refractivity contribution >= 4 is 9.84 Å². The number of phenols is 1. The van der Waals surface area contributed by atoms with Gasteiger partial charge in [0, 0.05) is 31.3 Å². The summed E-state index contributed by atoms with van der Waals surface area (Å²) in [6.45, 7) is 1.67. The molecule has 7 heteroatoms. The highest BCUT2D eigenvalue weighted by atomic mass is 32.2. The van der Waals surface area contributed by atoms with E-state index in [1.807, 2.05) is 4.90 Å². The topological polar surface area (TPSA) is 76.1 Å². The fourth-order valence-corrected chi connectivity index (χ4v) is 3.53. The molecule has 0 unspecified atom stereocenters. The van der Waals surface area contributed by atoms with Crippen molar-refractivity contribution in [2.24, 2.45) is 0 Å². The molecule has 1 saturated heterocycles. The molecule has 1 fully saturated rings. The molecular formula is C12H15NO5S. The highest BCUT2D eigenvalue weighted by Crippen LogP contribution is 2.38. The highest BCUT2D eigenvalue weighted by molar-refractivity contribution is 7.91. The Morgan fingerprint density at radius 1 is 1.16 bits per heavy atom. The average Bonchev–Trinajstić information content (AvgIpc) is 2.79. The van der Waals surface area contributed by atoms with Gasteiger partial charge in [0.15, 0.2) is 21.3 Å². The van der Waals surface area contributed by atoms with Gasteiger partial charge in [0.2, 0.25) is 6.79 Å². The van der Waals surface area contributed by atoms with Crippen LogP contribution < -0.4 is 9.47 Å². The Labute approximate surface area is 111 Å². The lowest BCUT2D eigenvalue weighted by atomic mass is 10.1. The first kappa shape index (κ1) is 12.6. The van der Waals surface area contributed by atoms with Gasteiger partial charge in [-0.1, -0.05) is 0 Å². The third kappa shape index (κ3) is 2.62. The molecule has 1 N–H and O–H groups in total. The first-order chi connectivity index (χ1) is 9.03. The van der Waals surface area contributed by atoms with Gasteiger partial charge in [0.25, 0.3) is 0 Å². The maximum absolute atomic E-state index is 11.4. The van der Waals surface area contributed by atoms with Crippen LogP contribution in [0.4, 0.5) is 0 Å². The van der Waals surface area contributed by atoms with Crippen LogP contribution in [0.1, 0.15) is 5.56 Å². The molecule has 2 heterocycles. The Morgan fingerprint density at radius 3 is 2.47 bits per heavy atom. The summed E-state index contributed by atoms with van der Waals surface area (Å²) in [6, 6.07) is 3.29. The number of hydrogen-bond donors (Lipinski definition) is 1. The lowest BCUT2D eigenvalue weighted by Crippen LogP contribution is -2.39. The summed E-state index contributed by atoms with van der Waals surface area (Å²) in [6.07, 6.45) is 0. The van der Waals surface area contributed by atoms with Crippen molar-refractivity contribution < 1.29 is 23.0 Å². The highest BCUT2D eigenvalue weighted by Gasteiger charge is 2.23. The van der Waals surface area contributed by atoms with Crippen molar-refractivity contribution in [3.8, 4) is 17.2 Å². The normalized spacial score (nSPS) is 21.5. The van der Waals surface area contributed by atoms with Crippen molar-refractivity contribution in [2.75, 3.05) is 31.4 Å². The van der Waals surface area contributed by atoms with Crippen LogP contribution in [0, 0.1) is 0 Å². The van der Waals surface area contributed by atoms with E-state index < -0.39 is 9.84 Å². The average molecular weight is 285 g/mol. The van der Waals surface area contributed by atoms with E-state index in [1.54, 1.807) is 12.1 Å². The molecule has 19 heavy (non-hydrogen) atoms. The summed E-state index contributed by atoms with van der Waals surface area (Å²) in [5.41, 5.74) is 0.726. The molecule has 0 radical (unpaired) electrons. The predicted octanol–water partition coefficient (Wildman–Crippen LogP) is 0.351. The minimum Gasteiger partial charge on any atom is -0.507 e. The molecule has 104 valence electrons. The van der Waals surface area contributed by atoms with Crippen LogP contribution in [0.2, 0.25) is 0 Å². The first-order valence-electron chi connectivity index (χ1n) is 6.08. The van der Waals surface area contributed by atoms with E-state index in [1.165, 1.54) is 0 Å². The lowest BCUT2D eigenvalue weighted by molar-refractivity contribution is 0.174. The van der Waals surface area contributed by atoms with Gasteiger partial charge in [-0.2, -0.15) is 0 Å². The maximum Gasteiger partial charge on any atom is 0.231 e. The zero-order chi connectivity index (χ0) is 13.5. The van der Waals surface area contributed by atoms with E-state index >= 15 is 0 Å². The smallest absolute Gasteiger partial charge is 0.231 e. The minimum absolute atomic E-state index is 0.151. The molecule has 0 atom stereocenters. The van der Waals surface area contributed by atoms with Gasteiger partial charge in [-0.05, 0) is 6.07 Å². The van der Waals surface area contributed by atoms with E-state index in [2.05, 4.69) is 0 Å². The van der Waals surface area contributed by atoms with E-state index in [4.69, 9.17) is 9.47 Å². The fourth-order valence-electron chi connectivity index (χ4n) is 2.25. The van der Waals surface area contributed by atoms with Crippen LogP contribution in [0.3, 0.4) is 0 Å². The summed E-state index contributed by atoms with van der Waals surface area (Å²) in [5, 5.41) is 9.93. The number of phenolic OH excluding ortho intramolecular Hbond substituents is 1. The van der Waals surface area contributed by atoms with Gasteiger partial charge < -0.3 is 14.6 Å². The molecule has 0 aliphatic carbocycles. The van der Waals surface area contributed by atoms with Crippen molar-refractivity contribution in [2.45, 2.75) is 6.54 Å². The molecular weight excluding hydrogens is 270 g/mol. The minimum atomic E-state index is -2.88. The number of hydrogen-bond acceptors (Lipinski definition) is 6. The van der Waals surface area contributed by atoms with Crippen molar-refractivity contribution in [1.82, 2.24) is 4.90 Å². The van der Waals surface area contributed by atoms with Gasteiger partial charge >= 0.3 is 0 Å². The number of sulfone groups is 1. The molecule has 6 nitrogen and oxygen atoms in total. The molecule has 0 bridgehead atoms. The first-order valence-corrected chi connectivity index (χ1v) is 7.90. The van der Waals surface area contributed by atoms with Gasteiger partial charge in [0.05, 0.1) is 11.5 Å². The number of nitrogens with zero attached hydrogens (tertiary/aromatic N) is 1. The molecule has 1 aromatic carbocycles. The summed E-state index contributed by atoms with van der Waals surface area (Å²) >= 11 is 0. The van der Waals surface area contributed by atoms with E-state index in [0.29, 0.717) is 31.1 Å². The summed E-state index contributed by atoms with van der Waals surface area (Å²) in [4.78, 5) is 2.01. The molecule has 0 amide bonds. The maximum atomic E-state index is 11.4. The Hall–Kier alpha value is -1.47. The number of ether oxygens (including phenoxy) is 2. The zero-order valence-electron chi connectivity index (χ0n) is 10.3. The van der Waals surface area contributed by atoms with E-state index in [9.17, 15) is 13.5 Å². The second kappa shape index (κ2) is 4.57. The molecule has 2 aliphatic heterocycles. The molecule has 3 rings (SSSR count). The Morgan fingerprint density at radius 2 is 1.79 bits per heavy atom. The summed E-state index contributed by atoms with van der Waals surface area (Å²) < 4.78 is 33.2. The third-order valence-electron chi connectivity index (χ3n) is 3.40. The van der Waals surface area contributed by atoms with Crippen LogP contribution >= 0.6 is 0 Å². The van der Waals surface area contributed by atoms with Gasteiger partial charge in [-0.3, -0.25) is 4.90 Å². The van der Waals surface area contributed by atoms with Crippen LogP contribution in [-0.2, 0) is 16.4 Å². The second-order valence-corrected chi connectivity index (χ2v) is 7.07. The number of fused-ring (bicyclic) bond motifs is 1. The van der Waals surface area contributed by atoms with Crippen molar-refractivity contribution in [3.63, 3.8) is 0 Å². The monoisotopic (exact) mass is 285 g/mol. The summed E-state index contributed by atoms with van der Waals surface area (Å²) in [7, 11) is -2.88. The Balaban J connectivity index is 1.74. The van der Waals surface area contributed by atoms with Crippen LogP contribution in [0.25, 0.3) is 0 Å². The van der Waals surface area contributed by atoms with Gasteiger partial charge in [-0.25, -0.2) is 8.42 Å². The van der Waals surface area contributed by atoms with Gasteiger partial charge in [-0.15, -0.1) is 0 Å². The van der Waals surface area contributed by atoms with Crippen molar-refractivity contribution in [3.05, 3.63) is 17.7 Å². The number of aromatic hydroxyl groups is 1. The molecule has 0 saturated carbocycles. The fraction of sp³-hybridized carbons (Fsp3) is 0.500. The molecule has 0 aromatic heterocycles. The molecule has 2 aliphatic rings. The van der Waals surface area contributed by atoms with Crippen molar-refractivity contribution in [1.29, 1.82) is 0 Å². The van der Waals surface area contributed by atoms with E-state index in [-0.39, 0.29) is 24.0 Å². The lowest BCUT2D eigenvalue weighted by Gasteiger charge is -2.26. The second-order valence-electron chi connectivity index (χ2n) is 4.76. The van der Waals surface area contributed by atoms with E-state index in [0.717, 1.165) is 5.56 Å². The Kier molecular flexibility index (Phi) is 3.02. The standard InChI is InChI=1S/C12H15NO5S/c14-10-6-12-11(17-8-18-12)5-9(10)7-13-1-3-19(15,16)4-2-13/h5-6,14H,1-4,7-8H2. The molecule has 0 spiro atoms. The van der Waals surface area contributed by atoms with Crippen LogP contribution in [0.5, 0.6) is 17.2 Å². The predicted molar refractivity (Wildman–Crippen MR) is 68.2 cm³/mol. The number of benzene rings is 1. The van der Waals surface area contributed by atoms with Gasteiger partial charge in [0.1, 0.15) is 5.75 Å². The quantitative estimate of drug-likeness (QED) is 0.845. The van der Waals surface area contributed by atoms with Crippen LogP contribution in [-0.4, -0.2) is 49.8 Å². The largest absolute Gasteiger partial charge is 0.507 e. The molecule has 1 aromatic rings. The SMILES string of the molecule is O=S1(=O)CCN(Cc2cc3c(cc2O)OCO3)CC1. The summed E-state index contributed by atoms with van der Waals surface area (Å²) in [5.74, 6) is 1.67.